The summed E-state index contributed by atoms with van der Waals surface area (Å²) in [6.45, 7) is 0. The molecule has 3 rings (SSSR count). The van der Waals surface area contributed by atoms with Crippen LogP contribution in [0.4, 0.5) is 5.69 Å². The molecule has 2 aromatic rings. The van der Waals surface area contributed by atoms with Gasteiger partial charge in [-0.3, -0.25) is 9.82 Å². The zero-order valence-electron chi connectivity index (χ0n) is 9.68. The number of hydrogen-bond acceptors (Lipinski definition) is 3. The summed E-state index contributed by atoms with van der Waals surface area (Å²) in [5, 5.41) is 6.27. The molecular weight excluding hydrogens is 250 g/mol. The van der Waals surface area contributed by atoms with Crippen LogP contribution >= 0.6 is 0 Å². The molecule has 1 aliphatic rings. The number of hydrogen-bond donors (Lipinski definition) is 2. The maximum absolute atomic E-state index is 12.1. The number of H-pyrrole nitrogens is 1. The number of rotatable bonds is 3. The summed E-state index contributed by atoms with van der Waals surface area (Å²) >= 11 is 0. The minimum Gasteiger partial charge on any atom is -0.284 e. The second-order valence-electron chi connectivity index (χ2n) is 4.38. The lowest BCUT2D eigenvalue weighted by Crippen LogP contribution is -2.12. The van der Waals surface area contributed by atoms with E-state index >= 15 is 0 Å². The smallest absolute Gasteiger partial charge is 0.262 e. The molecule has 0 fully saturated rings. The molecule has 18 heavy (non-hydrogen) atoms. The number of nitrogens with zero attached hydrogens (tertiary/aromatic N) is 1. The van der Waals surface area contributed by atoms with Crippen molar-refractivity contribution in [1.29, 1.82) is 0 Å². The van der Waals surface area contributed by atoms with Crippen LogP contribution in [0, 0.1) is 0 Å². The SMILES string of the molecule is O=S(=O)(Nc1cn[nH]c1)c1ccc2c(c1)CCC2. The summed E-state index contributed by atoms with van der Waals surface area (Å²) in [6.07, 6.45) is 6.05. The summed E-state index contributed by atoms with van der Waals surface area (Å²) in [7, 11) is -3.51. The lowest BCUT2D eigenvalue weighted by atomic mass is 10.1. The van der Waals surface area contributed by atoms with Gasteiger partial charge in [-0.05, 0) is 42.5 Å². The zero-order chi connectivity index (χ0) is 12.6. The van der Waals surface area contributed by atoms with Crippen molar-refractivity contribution in [2.45, 2.75) is 24.2 Å². The van der Waals surface area contributed by atoms with Gasteiger partial charge >= 0.3 is 0 Å². The standard InChI is InChI=1S/C12H13N3O2S/c16-18(17,15-11-7-13-14-8-11)12-5-4-9-2-1-3-10(9)6-12/h4-8,15H,1-3H2,(H,13,14). The third-order valence-corrected chi connectivity index (χ3v) is 4.51. The number of sulfonamides is 1. The van der Waals surface area contributed by atoms with E-state index in [0.717, 1.165) is 24.8 Å². The first kappa shape index (κ1) is 11.3. The van der Waals surface area contributed by atoms with E-state index in [-0.39, 0.29) is 0 Å². The number of anilines is 1. The van der Waals surface area contributed by atoms with Gasteiger partial charge in [0.05, 0.1) is 16.8 Å². The highest BCUT2D eigenvalue weighted by Gasteiger charge is 2.18. The Morgan fingerprint density at radius 1 is 1.22 bits per heavy atom. The molecule has 1 aromatic heterocycles. The largest absolute Gasteiger partial charge is 0.284 e. The first-order valence-corrected chi connectivity index (χ1v) is 7.27. The Bertz CT molecular complexity index is 663. The maximum atomic E-state index is 12.1. The molecule has 0 saturated heterocycles. The zero-order valence-corrected chi connectivity index (χ0v) is 10.5. The van der Waals surface area contributed by atoms with Gasteiger partial charge in [0.1, 0.15) is 0 Å². The van der Waals surface area contributed by atoms with E-state index in [0.29, 0.717) is 10.6 Å². The van der Waals surface area contributed by atoms with Gasteiger partial charge in [0.25, 0.3) is 10.0 Å². The van der Waals surface area contributed by atoms with Gasteiger partial charge in [-0.2, -0.15) is 5.10 Å². The molecule has 0 unspecified atom stereocenters. The summed E-state index contributed by atoms with van der Waals surface area (Å²) in [5.41, 5.74) is 2.85. The van der Waals surface area contributed by atoms with Gasteiger partial charge in [-0.25, -0.2) is 8.42 Å². The van der Waals surface area contributed by atoms with Crippen LogP contribution in [0.5, 0.6) is 0 Å². The quantitative estimate of drug-likeness (QED) is 0.885. The molecule has 94 valence electrons. The van der Waals surface area contributed by atoms with Gasteiger partial charge in [0, 0.05) is 6.20 Å². The van der Waals surface area contributed by atoms with E-state index in [1.54, 1.807) is 12.1 Å². The normalized spacial score (nSPS) is 14.4. The summed E-state index contributed by atoms with van der Waals surface area (Å²) in [4.78, 5) is 0.310. The molecule has 5 nitrogen and oxygen atoms in total. The van der Waals surface area contributed by atoms with Crippen molar-refractivity contribution in [2.75, 3.05) is 4.72 Å². The monoisotopic (exact) mass is 263 g/mol. The summed E-state index contributed by atoms with van der Waals surface area (Å²) in [5.74, 6) is 0. The van der Waals surface area contributed by atoms with E-state index in [4.69, 9.17) is 0 Å². The van der Waals surface area contributed by atoms with Crippen LogP contribution in [0.15, 0.2) is 35.5 Å². The Labute approximate surface area is 105 Å². The topological polar surface area (TPSA) is 74.8 Å². The van der Waals surface area contributed by atoms with E-state index in [2.05, 4.69) is 14.9 Å². The fourth-order valence-electron chi connectivity index (χ4n) is 2.24. The predicted molar refractivity (Wildman–Crippen MR) is 67.9 cm³/mol. The molecule has 1 heterocycles. The number of benzene rings is 1. The van der Waals surface area contributed by atoms with Crippen molar-refractivity contribution in [3.63, 3.8) is 0 Å². The van der Waals surface area contributed by atoms with Crippen molar-refractivity contribution in [2.24, 2.45) is 0 Å². The molecule has 6 heteroatoms. The highest BCUT2D eigenvalue weighted by molar-refractivity contribution is 7.92. The molecule has 1 aromatic carbocycles. The number of aromatic nitrogens is 2. The van der Waals surface area contributed by atoms with Crippen molar-refractivity contribution in [3.05, 3.63) is 41.7 Å². The number of aryl methyl sites for hydroxylation is 2. The first-order chi connectivity index (χ1) is 8.65. The van der Waals surface area contributed by atoms with Gasteiger partial charge in [-0.1, -0.05) is 6.07 Å². The Morgan fingerprint density at radius 2 is 2.06 bits per heavy atom. The highest BCUT2D eigenvalue weighted by Crippen LogP contribution is 2.25. The lowest BCUT2D eigenvalue weighted by molar-refractivity contribution is 0.601. The molecule has 0 aliphatic heterocycles. The Morgan fingerprint density at radius 3 is 2.83 bits per heavy atom. The van der Waals surface area contributed by atoms with E-state index in [9.17, 15) is 8.42 Å². The Balaban J connectivity index is 1.94. The maximum Gasteiger partial charge on any atom is 0.262 e. The second-order valence-corrected chi connectivity index (χ2v) is 6.06. The number of aromatic amines is 1. The Kier molecular flexibility index (Phi) is 2.59. The van der Waals surface area contributed by atoms with Crippen LogP contribution in [-0.2, 0) is 22.9 Å². The molecule has 2 N–H and O–H groups in total. The molecule has 0 spiro atoms. The van der Waals surface area contributed by atoms with Gasteiger partial charge in [-0.15, -0.1) is 0 Å². The molecule has 0 bridgehead atoms. The fourth-order valence-corrected chi connectivity index (χ4v) is 3.32. The molecule has 1 aliphatic carbocycles. The molecule has 0 atom stereocenters. The lowest BCUT2D eigenvalue weighted by Gasteiger charge is -2.07. The average Bonchev–Trinajstić information content (AvgIpc) is 2.97. The van der Waals surface area contributed by atoms with Crippen LogP contribution in [0.3, 0.4) is 0 Å². The Hall–Kier alpha value is -1.82. The van der Waals surface area contributed by atoms with Gasteiger partial charge in [0.2, 0.25) is 0 Å². The van der Waals surface area contributed by atoms with Crippen LogP contribution in [0.25, 0.3) is 0 Å². The van der Waals surface area contributed by atoms with Crippen molar-refractivity contribution < 1.29 is 8.42 Å². The van der Waals surface area contributed by atoms with Gasteiger partial charge in [0.15, 0.2) is 0 Å². The summed E-state index contributed by atoms with van der Waals surface area (Å²) in [6, 6.07) is 5.34. The van der Waals surface area contributed by atoms with Crippen LogP contribution in [-0.4, -0.2) is 18.6 Å². The van der Waals surface area contributed by atoms with Gasteiger partial charge < -0.3 is 0 Å². The van der Waals surface area contributed by atoms with E-state index in [1.165, 1.54) is 18.0 Å². The van der Waals surface area contributed by atoms with E-state index < -0.39 is 10.0 Å². The van der Waals surface area contributed by atoms with Crippen molar-refractivity contribution in [3.8, 4) is 0 Å². The van der Waals surface area contributed by atoms with Crippen molar-refractivity contribution >= 4 is 15.7 Å². The third-order valence-electron chi connectivity index (χ3n) is 3.13. The van der Waals surface area contributed by atoms with Crippen LogP contribution in [0.1, 0.15) is 17.5 Å². The molecular formula is C12H13N3O2S. The van der Waals surface area contributed by atoms with E-state index in [1.807, 2.05) is 6.07 Å². The minimum absolute atomic E-state index is 0.310. The molecule has 0 amide bonds. The van der Waals surface area contributed by atoms with Crippen LogP contribution < -0.4 is 4.72 Å². The minimum atomic E-state index is -3.51. The molecule has 0 saturated carbocycles. The highest BCUT2D eigenvalue weighted by atomic mass is 32.2. The molecule has 0 radical (unpaired) electrons. The number of fused-ring (bicyclic) bond motifs is 1. The fraction of sp³-hybridized carbons (Fsp3) is 0.250. The van der Waals surface area contributed by atoms with Crippen molar-refractivity contribution in [1.82, 2.24) is 10.2 Å². The van der Waals surface area contributed by atoms with Crippen LogP contribution in [0.2, 0.25) is 0 Å². The average molecular weight is 263 g/mol. The predicted octanol–water partition coefficient (Wildman–Crippen LogP) is 1.70. The third kappa shape index (κ3) is 1.99. The second kappa shape index (κ2) is 4.13. The first-order valence-electron chi connectivity index (χ1n) is 5.78. The number of nitrogens with one attached hydrogen (secondary N) is 2. The summed E-state index contributed by atoms with van der Waals surface area (Å²) < 4.78 is 26.8.